The molecule has 0 aromatic carbocycles. The van der Waals surface area contributed by atoms with Crippen molar-refractivity contribution in [2.45, 2.75) is 24.6 Å². The van der Waals surface area contributed by atoms with Gasteiger partial charge in [0.1, 0.15) is 0 Å². The van der Waals surface area contributed by atoms with Gasteiger partial charge < -0.3 is 15.8 Å². The van der Waals surface area contributed by atoms with Crippen molar-refractivity contribution < 1.29 is 13.7 Å². The average molecular weight is 248 g/mol. The Bertz CT molecular complexity index is 273. The van der Waals surface area contributed by atoms with Crippen molar-refractivity contribution in [1.29, 1.82) is 0 Å². The maximum Gasteiger partial charge on any atom is 0.227 e. The van der Waals surface area contributed by atoms with Gasteiger partial charge in [0.05, 0.1) is 19.1 Å². The fourth-order valence-electron chi connectivity index (χ4n) is 1.54. The molecule has 1 aliphatic rings. The number of nitrogens with one attached hydrogen (secondary N) is 1. The maximum absolute atomic E-state index is 11.7. The lowest BCUT2D eigenvalue weighted by molar-refractivity contribution is -0.125. The molecule has 16 heavy (non-hydrogen) atoms. The number of ether oxygens (including phenoxy) is 1. The summed E-state index contributed by atoms with van der Waals surface area (Å²) in [4.78, 5) is 11.7. The second-order valence-corrected chi connectivity index (χ2v) is 6.00. The number of rotatable bonds is 5. The molecule has 0 bridgehead atoms. The number of carbonyl (C=O) groups is 1. The Morgan fingerprint density at radius 2 is 2.31 bits per heavy atom. The summed E-state index contributed by atoms with van der Waals surface area (Å²) in [5.41, 5.74) is 5.73. The molecule has 0 aromatic rings. The van der Waals surface area contributed by atoms with E-state index < -0.39 is 10.8 Å². The summed E-state index contributed by atoms with van der Waals surface area (Å²) in [5, 5.41) is 2.91. The van der Waals surface area contributed by atoms with Gasteiger partial charge in [-0.15, -0.1) is 0 Å². The topological polar surface area (TPSA) is 81.4 Å². The Morgan fingerprint density at radius 1 is 1.62 bits per heavy atom. The molecule has 1 saturated heterocycles. The third-order valence-electron chi connectivity index (χ3n) is 2.88. The van der Waals surface area contributed by atoms with Crippen LogP contribution in [0.4, 0.5) is 0 Å². The first-order chi connectivity index (χ1) is 7.52. The molecule has 0 radical (unpaired) electrons. The van der Waals surface area contributed by atoms with Crippen LogP contribution in [0, 0.1) is 5.92 Å². The minimum Gasteiger partial charge on any atom is -0.379 e. The van der Waals surface area contributed by atoms with Gasteiger partial charge in [0.15, 0.2) is 0 Å². The molecule has 4 unspecified atom stereocenters. The van der Waals surface area contributed by atoms with Gasteiger partial charge in [-0.25, -0.2) is 0 Å². The van der Waals surface area contributed by atoms with E-state index in [1.165, 1.54) is 0 Å². The third kappa shape index (κ3) is 3.84. The zero-order valence-electron chi connectivity index (χ0n) is 9.77. The predicted octanol–water partition coefficient (Wildman–Crippen LogP) is -0.767. The van der Waals surface area contributed by atoms with Gasteiger partial charge in [0, 0.05) is 34.9 Å². The molecule has 0 aromatic heterocycles. The fourth-order valence-corrected chi connectivity index (χ4v) is 1.99. The van der Waals surface area contributed by atoms with Crippen LogP contribution in [-0.2, 0) is 20.3 Å². The van der Waals surface area contributed by atoms with Crippen LogP contribution < -0.4 is 11.1 Å². The third-order valence-corrected chi connectivity index (χ3v) is 4.25. The van der Waals surface area contributed by atoms with Crippen molar-refractivity contribution in [2.24, 2.45) is 11.7 Å². The number of amides is 1. The molecule has 1 aliphatic heterocycles. The predicted molar refractivity (Wildman–Crippen MR) is 63.4 cm³/mol. The van der Waals surface area contributed by atoms with Gasteiger partial charge in [0.2, 0.25) is 5.91 Å². The van der Waals surface area contributed by atoms with Crippen molar-refractivity contribution in [2.75, 3.05) is 26.0 Å². The summed E-state index contributed by atoms with van der Waals surface area (Å²) >= 11 is 0. The minimum absolute atomic E-state index is 0.0564. The Hall–Kier alpha value is -0.460. The molecule has 5 nitrogen and oxygen atoms in total. The van der Waals surface area contributed by atoms with Crippen LogP contribution >= 0.6 is 0 Å². The van der Waals surface area contributed by atoms with E-state index in [-0.39, 0.29) is 23.1 Å². The molecule has 3 N–H and O–H groups in total. The van der Waals surface area contributed by atoms with Crippen LogP contribution in [0.2, 0.25) is 0 Å². The standard InChI is InChI=1S/C10H20N2O3S/c1-7(16(2)14)3-4-12-10(13)8-5-15-6-9(8)11/h7-9H,3-6,11H2,1-2H3,(H,12,13). The lowest BCUT2D eigenvalue weighted by Crippen LogP contribution is -2.41. The second-order valence-electron chi connectivity index (χ2n) is 4.20. The van der Waals surface area contributed by atoms with E-state index in [1.54, 1.807) is 6.26 Å². The highest BCUT2D eigenvalue weighted by Gasteiger charge is 2.30. The van der Waals surface area contributed by atoms with Gasteiger partial charge in [0.25, 0.3) is 0 Å². The SMILES string of the molecule is CC(CCNC(=O)C1COCC1N)S(C)=O. The number of nitrogens with two attached hydrogens (primary N) is 1. The summed E-state index contributed by atoms with van der Waals surface area (Å²) in [6.07, 6.45) is 2.39. The smallest absolute Gasteiger partial charge is 0.227 e. The molecule has 6 heteroatoms. The van der Waals surface area contributed by atoms with E-state index in [1.807, 2.05) is 6.92 Å². The summed E-state index contributed by atoms with van der Waals surface area (Å²) in [5.74, 6) is -0.290. The minimum atomic E-state index is -0.835. The van der Waals surface area contributed by atoms with Crippen molar-refractivity contribution in [3.8, 4) is 0 Å². The molecule has 1 heterocycles. The summed E-state index contributed by atoms with van der Waals surface area (Å²) in [6.45, 7) is 3.31. The van der Waals surface area contributed by atoms with Gasteiger partial charge in [-0.3, -0.25) is 9.00 Å². The van der Waals surface area contributed by atoms with E-state index in [2.05, 4.69) is 5.32 Å². The van der Waals surface area contributed by atoms with Gasteiger partial charge in [-0.05, 0) is 6.42 Å². The molecular weight excluding hydrogens is 228 g/mol. The highest BCUT2D eigenvalue weighted by molar-refractivity contribution is 7.84. The van der Waals surface area contributed by atoms with Crippen LogP contribution in [0.1, 0.15) is 13.3 Å². The molecule has 1 amide bonds. The second kappa shape index (κ2) is 6.32. The first-order valence-electron chi connectivity index (χ1n) is 5.45. The first kappa shape index (κ1) is 13.6. The van der Waals surface area contributed by atoms with E-state index >= 15 is 0 Å². The summed E-state index contributed by atoms with van der Waals surface area (Å²) in [7, 11) is -0.835. The van der Waals surface area contributed by atoms with Crippen LogP contribution in [-0.4, -0.2) is 47.4 Å². The van der Waals surface area contributed by atoms with Crippen molar-refractivity contribution in [3.05, 3.63) is 0 Å². The maximum atomic E-state index is 11.7. The van der Waals surface area contributed by atoms with E-state index in [9.17, 15) is 9.00 Å². The largest absolute Gasteiger partial charge is 0.379 e. The lowest BCUT2D eigenvalue weighted by atomic mass is 10.0. The van der Waals surface area contributed by atoms with Crippen LogP contribution in [0.15, 0.2) is 0 Å². The van der Waals surface area contributed by atoms with Gasteiger partial charge in [-0.1, -0.05) is 6.92 Å². The van der Waals surface area contributed by atoms with E-state index in [4.69, 9.17) is 10.5 Å². The molecule has 0 aliphatic carbocycles. The quantitative estimate of drug-likeness (QED) is 0.669. The van der Waals surface area contributed by atoms with Crippen molar-refractivity contribution in [1.82, 2.24) is 5.32 Å². The molecule has 0 saturated carbocycles. The van der Waals surface area contributed by atoms with Crippen LogP contribution in [0.25, 0.3) is 0 Å². The Labute approximate surface area is 98.6 Å². The number of hydrogen-bond acceptors (Lipinski definition) is 4. The Balaban J connectivity index is 2.22. The van der Waals surface area contributed by atoms with Crippen LogP contribution in [0.5, 0.6) is 0 Å². The number of hydrogen-bond donors (Lipinski definition) is 2. The van der Waals surface area contributed by atoms with Crippen molar-refractivity contribution in [3.63, 3.8) is 0 Å². The molecule has 1 fully saturated rings. The zero-order chi connectivity index (χ0) is 12.1. The van der Waals surface area contributed by atoms with E-state index in [0.29, 0.717) is 19.8 Å². The van der Waals surface area contributed by atoms with E-state index in [0.717, 1.165) is 6.42 Å². The monoisotopic (exact) mass is 248 g/mol. The molecule has 1 rings (SSSR count). The molecule has 94 valence electrons. The molecular formula is C10H20N2O3S. The molecule has 4 atom stereocenters. The summed E-state index contributed by atoms with van der Waals surface area (Å²) < 4.78 is 16.2. The zero-order valence-corrected chi connectivity index (χ0v) is 10.6. The van der Waals surface area contributed by atoms with Gasteiger partial charge in [-0.2, -0.15) is 0 Å². The number of carbonyl (C=O) groups excluding carboxylic acids is 1. The lowest BCUT2D eigenvalue weighted by Gasteiger charge is -2.14. The molecule has 0 spiro atoms. The van der Waals surface area contributed by atoms with Crippen LogP contribution in [0.3, 0.4) is 0 Å². The van der Waals surface area contributed by atoms with Crippen molar-refractivity contribution >= 4 is 16.7 Å². The Kier molecular flexibility index (Phi) is 5.37. The van der Waals surface area contributed by atoms with Gasteiger partial charge >= 0.3 is 0 Å². The summed E-state index contributed by atoms with van der Waals surface area (Å²) in [6, 6.07) is -0.197. The average Bonchev–Trinajstić information content (AvgIpc) is 2.64. The normalized spacial score (nSPS) is 28.7. The highest BCUT2D eigenvalue weighted by atomic mass is 32.2. The fraction of sp³-hybridized carbons (Fsp3) is 0.900. The Morgan fingerprint density at radius 3 is 2.81 bits per heavy atom. The highest BCUT2D eigenvalue weighted by Crippen LogP contribution is 2.11. The first-order valence-corrected chi connectivity index (χ1v) is 7.07.